The molecule has 0 fully saturated rings. The molecule has 2 aromatic rings. The minimum absolute atomic E-state index is 0.0581. The van der Waals surface area contributed by atoms with Crippen LogP contribution < -0.4 is 20.5 Å². The van der Waals surface area contributed by atoms with Crippen molar-refractivity contribution < 1.29 is 19.4 Å². The van der Waals surface area contributed by atoms with E-state index in [2.05, 4.69) is 10.6 Å². The number of carbonyl (C=O) groups excluding carboxylic acids is 2. The van der Waals surface area contributed by atoms with Gasteiger partial charge in [0.15, 0.2) is 0 Å². The summed E-state index contributed by atoms with van der Waals surface area (Å²) in [5.74, 6) is -0.864. The number of para-hydroxylation sites is 2. The van der Waals surface area contributed by atoms with E-state index in [0.717, 1.165) is 0 Å². The van der Waals surface area contributed by atoms with Crippen molar-refractivity contribution in [2.24, 2.45) is 0 Å². The van der Waals surface area contributed by atoms with E-state index >= 15 is 0 Å². The van der Waals surface area contributed by atoms with Gasteiger partial charge in [0.05, 0.1) is 25.3 Å². The molecule has 1 amide bonds. The first-order chi connectivity index (χ1) is 10.6. The molecule has 0 unspecified atom stereocenters. The van der Waals surface area contributed by atoms with Crippen molar-refractivity contribution in [3.8, 4) is 5.75 Å². The summed E-state index contributed by atoms with van der Waals surface area (Å²) in [6, 6.07) is 13.0. The summed E-state index contributed by atoms with van der Waals surface area (Å²) in [7, 11) is 1.56. The molecule has 0 aliphatic rings. The van der Waals surface area contributed by atoms with Gasteiger partial charge in [-0.15, -0.1) is 0 Å². The van der Waals surface area contributed by atoms with Crippen LogP contribution in [-0.2, 0) is 4.79 Å². The van der Waals surface area contributed by atoms with Gasteiger partial charge in [-0.05, 0) is 29.8 Å². The fraction of sp³-hybridized carbons (Fsp3) is 0.125. The standard InChI is InChI=1S/C16H16N2O4/c1-22-14-5-3-2-4-13(14)17-10-15(19)18-12-8-6-11(7-9-12)16(20)21/h2-9,17H,10H2,1H3,(H,18,19)(H,20,21)/p-1. The molecule has 0 aliphatic carbocycles. The van der Waals surface area contributed by atoms with Crippen molar-refractivity contribution in [1.82, 2.24) is 0 Å². The number of nitrogens with one attached hydrogen (secondary N) is 2. The second kappa shape index (κ2) is 7.12. The molecule has 0 aromatic heterocycles. The highest BCUT2D eigenvalue weighted by Crippen LogP contribution is 2.22. The lowest BCUT2D eigenvalue weighted by atomic mass is 10.2. The van der Waals surface area contributed by atoms with E-state index in [1.165, 1.54) is 24.3 Å². The topological polar surface area (TPSA) is 90.5 Å². The van der Waals surface area contributed by atoms with Gasteiger partial charge in [0, 0.05) is 5.69 Å². The van der Waals surface area contributed by atoms with E-state index in [4.69, 9.17) is 4.74 Å². The number of carboxylic acids is 1. The number of rotatable bonds is 6. The maximum absolute atomic E-state index is 11.9. The first-order valence-electron chi connectivity index (χ1n) is 6.58. The summed E-state index contributed by atoms with van der Waals surface area (Å²) < 4.78 is 5.18. The fourth-order valence-electron chi connectivity index (χ4n) is 1.86. The average Bonchev–Trinajstić information content (AvgIpc) is 2.53. The van der Waals surface area contributed by atoms with Gasteiger partial charge < -0.3 is 25.3 Å². The lowest BCUT2D eigenvalue weighted by Gasteiger charge is -2.11. The van der Waals surface area contributed by atoms with Crippen LogP contribution in [0.1, 0.15) is 10.4 Å². The highest BCUT2D eigenvalue weighted by molar-refractivity contribution is 5.94. The zero-order chi connectivity index (χ0) is 15.9. The molecule has 6 nitrogen and oxygen atoms in total. The van der Waals surface area contributed by atoms with Gasteiger partial charge in [-0.25, -0.2) is 0 Å². The summed E-state index contributed by atoms with van der Waals surface area (Å²) >= 11 is 0. The molecule has 0 heterocycles. The van der Waals surface area contributed by atoms with Gasteiger partial charge in [-0.2, -0.15) is 0 Å². The van der Waals surface area contributed by atoms with Gasteiger partial charge in [0.1, 0.15) is 5.75 Å². The molecule has 0 bridgehead atoms. The van der Waals surface area contributed by atoms with Crippen molar-refractivity contribution in [3.63, 3.8) is 0 Å². The fourth-order valence-corrected chi connectivity index (χ4v) is 1.86. The second-order valence-corrected chi connectivity index (χ2v) is 4.47. The Hall–Kier alpha value is -3.02. The predicted octanol–water partition coefficient (Wildman–Crippen LogP) is 1.11. The highest BCUT2D eigenvalue weighted by Gasteiger charge is 2.05. The lowest BCUT2D eigenvalue weighted by Crippen LogP contribution is -2.23. The third-order valence-electron chi connectivity index (χ3n) is 2.95. The summed E-state index contributed by atoms with van der Waals surface area (Å²) in [5, 5.41) is 16.3. The number of hydrogen-bond donors (Lipinski definition) is 2. The van der Waals surface area contributed by atoms with Crippen LogP contribution in [0.2, 0.25) is 0 Å². The summed E-state index contributed by atoms with van der Waals surface area (Å²) in [5.41, 5.74) is 1.29. The first kappa shape index (κ1) is 15.4. The Morgan fingerprint density at radius 2 is 1.77 bits per heavy atom. The molecule has 0 radical (unpaired) electrons. The van der Waals surface area contributed by atoms with Gasteiger partial charge in [-0.1, -0.05) is 24.3 Å². The molecule has 2 rings (SSSR count). The number of ether oxygens (including phenoxy) is 1. The van der Waals surface area contributed by atoms with Crippen molar-refractivity contribution in [2.75, 3.05) is 24.3 Å². The van der Waals surface area contributed by atoms with Crippen LogP contribution in [0.3, 0.4) is 0 Å². The van der Waals surface area contributed by atoms with Crippen molar-refractivity contribution >= 4 is 23.3 Å². The summed E-state index contributed by atoms with van der Waals surface area (Å²) in [4.78, 5) is 22.5. The Morgan fingerprint density at radius 3 is 2.41 bits per heavy atom. The molecule has 0 saturated heterocycles. The van der Waals surface area contributed by atoms with Crippen LogP contribution in [0, 0.1) is 0 Å². The number of benzene rings is 2. The number of hydrogen-bond acceptors (Lipinski definition) is 5. The number of carbonyl (C=O) groups is 2. The van der Waals surface area contributed by atoms with E-state index in [-0.39, 0.29) is 18.0 Å². The Morgan fingerprint density at radius 1 is 1.09 bits per heavy atom. The van der Waals surface area contributed by atoms with Gasteiger partial charge in [0.25, 0.3) is 0 Å². The van der Waals surface area contributed by atoms with E-state index in [9.17, 15) is 14.7 Å². The van der Waals surface area contributed by atoms with Crippen molar-refractivity contribution in [1.29, 1.82) is 0 Å². The minimum atomic E-state index is -1.25. The third kappa shape index (κ3) is 3.99. The molecular weight excluding hydrogens is 284 g/mol. The Labute approximate surface area is 127 Å². The lowest BCUT2D eigenvalue weighted by molar-refractivity contribution is -0.255. The van der Waals surface area contributed by atoms with Crippen LogP contribution in [0.25, 0.3) is 0 Å². The predicted molar refractivity (Wildman–Crippen MR) is 80.9 cm³/mol. The van der Waals surface area contributed by atoms with Gasteiger partial charge in [0.2, 0.25) is 5.91 Å². The van der Waals surface area contributed by atoms with E-state index in [0.29, 0.717) is 17.1 Å². The molecule has 114 valence electrons. The average molecular weight is 299 g/mol. The summed E-state index contributed by atoms with van der Waals surface area (Å²) in [6.07, 6.45) is 0. The smallest absolute Gasteiger partial charge is 0.243 e. The molecule has 0 spiro atoms. The van der Waals surface area contributed by atoms with Crippen LogP contribution in [0.4, 0.5) is 11.4 Å². The molecule has 0 atom stereocenters. The Kier molecular flexibility index (Phi) is 4.98. The van der Waals surface area contributed by atoms with Gasteiger partial charge >= 0.3 is 0 Å². The van der Waals surface area contributed by atoms with Crippen molar-refractivity contribution in [3.05, 3.63) is 54.1 Å². The third-order valence-corrected chi connectivity index (χ3v) is 2.95. The molecule has 22 heavy (non-hydrogen) atoms. The molecular formula is C16H15N2O4-. The van der Waals surface area contributed by atoms with Crippen LogP contribution in [0.5, 0.6) is 5.75 Å². The number of methoxy groups -OCH3 is 1. The monoisotopic (exact) mass is 299 g/mol. The quantitative estimate of drug-likeness (QED) is 0.834. The largest absolute Gasteiger partial charge is 0.545 e. The molecule has 0 aliphatic heterocycles. The Balaban J connectivity index is 1.91. The highest BCUT2D eigenvalue weighted by atomic mass is 16.5. The maximum Gasteiger partial charge on any atom is 0.243 e. The minimum Gasteiger partial charge on any atom is -0.545 e. The zero-order valence-electron chi connectivity index (χ0n) is 12.0. The van der Waals surface area contributed by atoms with E-state index < -0.39 is 5.97 Å². The Bertz CT molecular complexity index is 668. The summed E-state index contributed by atoms with van der Waals surface area (Å²) in [6.45, 7) is 0.0581. The van der Waals surface area contributed by atoms with Crippen LogP contribution in [0.15, 0.2) is 48.5 Å². The van der Waals surface area contributed by atoms with Crippen LogP contribution >= 0.6 is 0 Å². The zero-order valence-corrected chi connectivity index (χ0v) is 12.0. The number of aromatic carboxylic acids is 1. The number of anilines is 2. The number of carboxylic acid groups (broad SMARTS) is 1. The van der Waals surface area contributed by atoms with E-state index in [1.54, 1.807) is 19.2 Å². The van der Waals surface area contributed by atoms with Crippen molar-refractivity contribution in [2.45, 2.75) is 0 Å². The van der Waals surface area contributed by atoms with Gasteiger partial charge in [-0.3, -0.25) is 4.79 Å². The maximum atomic E-state index is 11.9. The SMILES string of the molecule is COc1ccccc1NCC(=O)Nc1ccc(C(=O)[O-])cc1. The van der Waals surface area contributed by atoms with Crippen LogP contribution in [-0.4, -0.2) is 25.5 Å². The molecule has 2 N–H and O–H groups in total. The number of amides is 1. The molecule has 2 aromatic carbocycles. The van der Waals surface area contributed by atoms with E-state index in [1.807, 2.05) is 12.1 Å². The first-order valence-corrected chi connectivity index (χ1v) is 6.58. The molecule has 6 heteroatoms. The normalized spacial score (nSPS) is 9.86. The molecule has 0 saturated carbocycles. The second-order valence-electron chi connectivity index (χ2n) is 4.47.